The number of carbonyl (C=O) groups is 2. The number of benzene rings is 2. The zero-order chi connectivity index (χ0) is 22.2. The van der Waals surface area contributed by atoms with Crippen LogP contribution in [0.15, 0.2) is 42.5 Å². The van der Waals surface area contributed by atoms with Crippen molar-refractivity contribution >= 4 is 34.0 Å². The van der Waals surface area contributed by atoms with Gasteiger partial charge in [-0.25, -0.2) is 4.98 Å². The van der Waals surface area contributed by atoms with Crippen molar-refractivity contribution in [3.63, 3.8) is 0 Å². The normalized spacial score (nSPS) is 15.8. The van der Waals surface area contributed by atoms with Crippen molar-refractivity contribution in [2.24, 2.45) is 5.92 Å². The van der Waals surface area contributed by atoms with Crippen LogP contribution in [0.5, 0.6) is 0 Å². The summed E-state index contributed by atoms with van der Waals surface area (Å²) in [5, 5.41) is 3.70. The molecular formula is C26H27N3O2S. The third kappa shape index (κ3) is 3.84. The van der Waals surface area contributed by atoms with Crippen LogP contribution < -0.4 is 10.2 Å². The second-order valence-corrected chi connectivity index (χ2v) is 9.96. The lowest BCUT2D eigenvalue weighted by molar-refractivity contribution is -0.119. The Balaban J connectivity index is 1.37. The molecule has 0 saturated heterocycles. The van der Waals surface area contributed by atoms with E-state index in [9.17, 15) is 9.59 Å². The second kappa shape index (κ2) is 8.51. The van der Waals surface area contributed by atoms with Gasteiger partial charge in [0.1, 0.15) is 0 Å². The van der Waals surface area contributed by atoms with Crippen LogP contribution in [0.4, 0.5) is 10.8 Å². The molecular weight excluding hydrogens is 418 g/mol. The summed E-state index contributed by atoms with van der Waals surface area (Å²) in [6.07, 6.45) is 5.06. The first kappa shape index (κ1) is 20.9. The fourth-order valence-electron chi connectivity index (χ4n) is 4.83. The van der Waals surface area contributed by atoms with E-state index in [1.165, 1.54) is 11.3 Å². The number of aromatic nitrogens is 1. The first-order valence-corrected chi connectivity index (χ1v) is 12.1. The molecule has 2 aromatic carbocycles. The maximum Gasteiger partial charge on any atom is 0.258 e. The largest absolute Gasteiger partial charge is 0.308 e. The van der Waals surface area contributed by atoms with Crippen LogP contribution in [-0.4, -0.2) is 23.3 Å². The number of anilines is 2. The number of carbonyl (C=O) groups excluding carboxylic acids is 2. The summed E-state index contributed by atoms with van der Waals surface area (Å²) < 4.78 is 0. The van der Waals surface area contributed by atoms with Gasteiger partial charge in [-0.1, -0.05) is 37.1 Å². The van der Waals surface area contributed by atoms with Gasteiger partial charge in [-0.2, -0.15) is 0 Å². The van der Waals surface area contributed by atoms with Crippen LogP contribution in [0.3, 0.4) is 0 Å². The molecule has 1 aliphatic carbocycles. The Kier molecular flexibility index (Phi) is 5.55. The zero-order valence-corrected chi connectivity index (χ0v) is 19.3. The first-order chi connectivity index (χ1) is 15.5. The molecule has 5 nitrogen and oxygen atoms in total. The summed E-state index contributed by atoms with van der Waals surface area (Å²) in [4.78, 5) is 33.3. The predicted octanol–water partition coefficient (Wildman–Crippen LogP) is 5.76. The van der Waals surface area contributed by atoms with E-state index in [0.717, 1.165) is 70.6 Å². The number of aryl methyl sites for hydroxylation is 2. The summed E-state index contributed by atoms with van der Waals surface area (Å²) in [7, 11) is 0. The molecule has 1 saturated carbocycles. The Morgan fingerprint density at radius 1 is 1.09 bits per heavy atom. The van der Waals surface area contributed by atoms with Crippen molar-refractivity contribution < 1.29 is 9.59 Å². The third-order valence-corrected chi connectivity index (χ3v) is 7.51. The van der Waals surface area contributed by atoms with Crippen molar-refractivity contribution in [2.45, 2.75) is 46.0 Å². The smallest absolute Gasteiger partial charge is 0.258 e. The van der Waals surface area contributed by atoms with Gasteiger partial charge in [0.05, 0.1) is 5.69 Å². The van der Waals surface area contributed by atoms with Gasteiger partial charge in [-0.05, 0) is 62.4 Å². The fraction of sp³-hybridized carbons (Fsp3) is 0.346. The molecule has 0 atom stereocenters. The summed E-state index contributed by atoms with van der Waals surface area (Å²) in [5.41, 5.74) is 5.82. The molecule has 1 N–H and O–H groups in total. The van der Waals surface area contributed by atoms with Gasteiger partial charge in [0.2, 0.25) is 5.91 Å². The summed E-state index contributed by atoms with van der Waals surface area (Å²) in [6, 6.07) is 13.9. The molecule has 6 heteroatoms. The summed E-state index contributed by atoms with van der Waals surface area (Å²) >= 11 is 1.53. The summed E-state index contributed by atoms with van der Waals surface area (Å²) in [6.45, 7) is 4.70. The van der Waals surface area contributed by atoms with Gasteiger partial charge in [0.25, 0.3) is 5.91 Å². The van der Waals surface area contributed by atoms with E-state index >= 15 is 0 Å². The van der Waals surface area contributed by atoms with Crippen molar-refractivity contribution in [1.29, 1.82) is 0 Å². The Labute approximate surface area is 192 Å². The van der Waals surface area contributed by atoms with Crippen molar-refractivity contribution in [3.05, 3.63) is 64.0 Å². The number of hydrogen-bond donors (Lipinski definition) is 1. The SMILES string of the molecule is Cc1ccccc1C(=O)N1CCc2cc(-c3nc(NC(=O)C4CCCC4)sc3C)ccc21. The molecule has 5 rings (SSSR count). The van der Waals surface area contributed by atoms with Crippen molar-refractivity contribution in [1.82, 2.24) is 4.98 Å². The van der Waals surface area contributed by atoms with Crippen LogP contribution >= 0.6 is 11.3 Å². The highest BCUT2D eigenvalue weighted by Crippen LogP contribution is 2.37. The van der Waals surface area contributed by atoms with Gasteiger partial charge < -0.3 is 10.2 Å². The Bertz CT molecular complexity index is 1190. The standard InChI is InChI=1S/C26H27N3O2S/c1-16-7-3-6-10-21(16)25(31)29-14-13-19-15-20(11-12-22(19)29)23-17(2)32-26(27-23)28-24(30)18-8-4-5-9-18/h3,6-7,10-12,15,18H,4-5,8-9,13-14H2,1-2H3,(H,27,28,30). The van der Waals surface area contributed by atoms with E-state index in [1.807, 2.05) is 55.1 Å². The minimum atomic E-state index is 0.0522. The molecule has 2 heterocycles. The predicted molar refractivity (Wildman–Crippen MR) is 129 cm³/mol. The molecule has 2 amide bonds. The molecule has 1 aliphatic heterocycles. The van der Waals surface area contributed by atoms with Gasteiger partial charge in [0, 0.05) is 34.2 Å². The molecule has 0 spiro atoms. The van der Waals surface area contributed by atoms with Gasteiger partial charge in [-0.3, -0.25) is 9.59 Å². The third-order valence-electron chi connectivity index (χ3n) is 6.62. The highest BCUT2D eigenvalue weighted by Gasteiger charge is 2.27. The zero-order valence-electron chi connectivity index (χ0n) is 18.5. The maximum atomic E-state index is 13.1. The summed E-state index contributed by atoms with van der Waals surface area (Å²) in [5.74, 6) is 0.276. The minimum Gasteiger partial charge on any atom is -0.308 e. The first-order valence-electron chi connectivity index (χ1n) is 11.3. The highest BCUT2D eigenvalue weighted by molar-refractivity contribution is 7.16. The van der Waals surface area contributed by atoms with E-state index in [-0.39, 0.29) is 17.7 Å². The molecule has 3 aromatic rings. The molecule has 0 radical (unpaired) electrons. The number of nitrogens with one attached hydrogen (secondary N) is 1. The Morgan fingerprint density at radius 3 is 2.66 bits per heavy atom. The number of rotatable bonds is 4. The molecule has 1 fully saturated rings. The lowest BCUT2D eigenvalue weighted by Crippen LogP contribution is -2.29. The van der Waals surface area contributed by atoms with Crippen LogP contribution in [-0.2, 0) is 11.2 Å². The molecule has 1 aromatic heterocycles. The molecule has 0 bridgehead atoms. The van der Waals surface area contributed by atoms with E-state index < -0.39 is 0 Å². The Morgan fingerprint density at radius 2 is 1.88 bits per heavy atom. The average molecular weight is 446 g/mol. The van der Waals surface area contributed by atoms with E-state index in [4.69, 9.17) is 4.98 Å². The van der Waals surface area contributed by atoms with Crippen molar-refractivity contribution in [3.8, 4) is 11.3 Å². The molecule has 32 heavy (non-hydrogen) atoms. The monoisotopic (exact) mass is 445 g/mol. The Hall–Kier alpha value is -2.99. The lowest BCUT2D eigenvalue weighted by atomic mass is 10.0. The van der Waals surface area contributed by atoms with Gasteiger partial charge >= 0.3 is 0 Å². The maximum absolute atomic E-state index is 13.1. The number of amides is 2. The minimum absolute atomic E-state index is 0.0522. The van der Waals surface area contributed by atoms with Gasteiger partial charge in [-0.15, -0.1) is 11.3 Å². The van der Waals surface area contributed by atoms with Crippen LogP contribution in [0.2, 0.25) is 0 Å². The second-order valence-electron chi connectivity index (χ2n) is 8.76. The molecule has 0 unspecified atom stereocenters. The van der Waals surface area contributed by atoms with E-state index in [0.29, 0.717) is 11.7 Å². The fourth-order valence-corrected chi connectivity index (χ4v) is 5.67. The quantitative estimate of drug-likeness (QED) is 0.555. The van der Waals surface area contributed by atoms with Crippen LogP contribution in [0.1, 0.15) is 52.0 Å². The molecule has 164 valence electrons. The number of fused-ring (bicyclic) bond motifs is 1. The van der Waals surface area contributed by atoms with Crippen LogP contribution in [0, 0.1) is 19.8 Å². The molecule has 2 aliphatic rings. The van der Waals surface area contributed by atoms with E-state index in [2.05, 4.69) is 11.4 Å². The van der Waals surface area contributed by atoms with Crippen LogP contribution in [0.25, 0.3) is 11.3 Å². The van der Waals surface area contributed by atoms with Gasteiger partial charge in [0.15, 0.2) is 5.13 Å². The van der Waals surface area contributed by atoms with Crippen molar-refractivity contribution in [2.75, 3.05) is 16.8 Å². The van der Waals surface area contributed by atoms with E-state index in [1.54, 1.807) is 0 Å². The highest BCUT2D eigenvalue weighted by atomic mass is 32.1. The number of thiazole rings is 1. The number of nitrogens with zero attached hydrogens (tertiary/aromatic N) is 2. The lowest BCUT2D eigenvalue weighted by Gasteiger charge is -2.18. The average Bonchev–Trinajstić information content (AvgIpc) is 3.53. The number of hydrogen-bond acceptors (Lipinski definition) is 4. The topological polar surface area (TPSA) is 62.3 Å².